The summed E-state index contributed by atoms with van der Waals surface area (Å²) in [5.41, 5.74) is 0. The van der Waals surface area contributed by atoms with Gasteiger partial charge in [0, 0.05) is 6.42 Å². The first kappa shape index (κ1) is 70.2. The van der Waals surface area contributed by atoms with Crippen LogP contribution in [0.1, 0.15) is 239 Å². The standard InChI is InChI=1S/C64H113N2O6P/c1-6-8-10-12-14-16-18-20-22-24-26-28-30-31-32-33-34-35-36-38-40-42-44-46-48-50-52-54-56-58-64(68)65-62(61-72-73(69,70)71-60-59-66(3,4)5)63(67)57-55-53-51-49-47-45-43-41-39-37-29-27-25-23-21-19-17-15-13-11-9-7-2/h8,10,14,16,20,22,26,28,31-32,34-35,38,40,44,46,55,57,62-63,67H,6-7,9,11-13,15,17-19,21,23-25,27,29-30,33,36-37,39,41-43,45,47-54,56,58-61H2,1-5H3,(H-,65,68,69,70)/p+1/b10-8-,16-14-,22-20-,28-26-,32-31-,35-34-,40-38-,46-44-,57-55+. The van der Waals surface area contributed by atoms with Gasteiger partial charge < -0.3 is 19.8 Å². The van der Waals surface area contributed by atoms with Crippen molar-refractivity contribution in [3.63, 3.8) is 0 Å². The van der Waals surface area contributed by atoms with Crippen molar-refractivity contribution in [2.24, 2.45) is 0 Å². The highest BCUT2D eigenvalue weighted by molar-refractivity contribution is 7.47. The molecule has 0 saturated carbocycles. The first-order valence-electron chi connectivity index (χ1n) is 29.8. The van der Waals surface area contributed by atoms with E-state index in [1.807, 2.05) is 27.2 Å². The molecule has 0 fully saturated rings. The molecule has 0 heterocycles. The molecule has 420 valence electrons. The van der Waals surface area contributed by atoms with Crippen LogP contribution in [0.2, 0.25) is 0 Å². The number of likely N-dealkylation sites (N-methyl/N-ethyl adjacent to an activating group) is 1. The van der Waals surface area contributed by atoms with E-state index in [9.17, 15) is 19.4 Å². The van der Waals surface area contributed by atoms with Gasteiger partial charge >= 0.3 is 7.82 Å². The fraction of sp³-hybridized carbons (Fsp3) is 0.703. The average Bonchev–Trinajstić information content (AvgIpc) is 3.35. The average molecular weight is 1040 g/mol. The van der Waals surface area contributed by atoms with Crippen LogP contribution in [0, 0.1) is 0 Å². The summed E-state index contributed by atoms with van der Waals surface area (Å²) in [6.07, 6.45) is 79.0. The van der Waals surface area contributed by atoms with Crippen LogP contribution < -0.4 is 5.32 Å². The zero-order valence-electron chi connectivity index (χ0n) is 47.8. The number of carbonyl (C=O) groups excluding carboxylic acids is 1. The molecule has 73 heavy (non-hydrogen) atoms. The molecule has 0 aliphatic rings. The number of allylic oxidation sites excluding steroid dienone is 17. The summed E-state index contributed by atoms with van der Waals surface area (Å²) in [7, 11) is 1.54. The first-order chi connectivity index (χ1) is 35.5. The molecule has 0 aliphatic heterocycles. The van der Waals surface area contributed by atoms with Crippen molar-refractivity contribution in [2.45, 2.75) is 251 Å². The molecule has 0 aromatic rings. The molecule has 8 nitrogen and oxygen atoms in total. The molecule has 9 heteroatoms. The predicted octanol–water partition coefficient (Wildman–Crippen LogP) is 18.4. The van der Waals surface area contributed by atoms with Gasteiger partial charge in [-0.2, -0.15) is 0 Å². The van der Waals surface area contributed by atoms with Gasteiger partial charge in [0.2, 0.25) is 5.91 Å². The molecule has 0 saturated heterocycles. The van der Waals surface area contributed by atoms with Gasteiger partial charge in [0.05, 0.1) is 39.9 Å². The number of carbonyl (C=O) groups is 1. The summed E-state index contributed by atoms with van der Waals surface area (Å²) in [5.74, 6) is -0.204. The molecule has 3 atom stereocenters. The van der Waals surface area contributed by atoms with Gasteiger partial charge in [-0.25, -0.2) is 4.57 Å². The molecule has 0 rings (SSSR count). The number of phosphoric ester groups is 1. The highest BCUT2D eigenvalue weighted by atomic mass is 31.2. The number of quaternary nitrogens is 1. The quantitative estimate of drug-likeness (QED) is 0.0243. The molecule has 0 spiro atoms. The lowest BCUT2D eigenvalue weighted by Crippen LogP contribution is -2.45. The number of aliphatic hydroxyl groups is 1. The second-order valence-electron chi connectivity index (χ2n) is 21.0. The van der Waals surface area contributed by atoms with Gasteiger partial charge in [0.15, 0.2) is 0 Å². The fourth-order valence-electron chi connectivity index (χ4n) is 8.12. The van der Waals surface area contributed by atoms with E-state index >= 15 is 0 Å². The minimum absolute atomic E-state index is 0.0504. The third-order valence-corrected chi connectivity index (χ3v) is 13.7. The Hall–Kier alpha value is -2.84. The number of phosphoric acid groups is 1. The van der Waals surface area contributed by atoms with Gasteiger partial charge in [0.25, 0.3) is 0 Å². The van der Waals surface area contributed by atoms with Crippen molar-refractivity contribution in [1.82, 2.24) is 5.32 Å². The molecule has 0 radical (unpaired) electrons. The normalized spacial score (nSPS) is 14.7. The molecular weight excluding hydrogens is 924 g/mol. The molecule has 0 aromatic heterocycles. The Kier molecular flexibility index (Phi) is 51.9. The molecule has 0 aromatic carbocycles. The van der Waals surface area contributed by atoms with E-state index in [-0.39, 0.29) is 19.1 Å². The Bertz CT molecular complexity index is 1550. The largest absolute Gasteiger partial charge is 0.472 e. The van der Waals surface area contributed by atoms with Gasteiger partial charge in [-0.15, -0.1) is 0 Å². The molecule has 3 N–H and O–H groups in total. The number of hydrogen-bond donors (Lipinski definition) is 3. The van der Waals surface area contributed by atoms with Crippen LogP contribution in [0.25, 0.3) is 0 Å². The maximum absolute atomic E-state index is 13.0. The van der Waals surface area contributed by atoms with E-state index in [4.69, 9.17) is 9.05 Å². The number of hydrogen-bond acceptors (Lipinski definition) is 5. The third kappa shape index (κ3) is 56.7. The first-order valence-corrected chi connectivity index (χ1v) is 31.3. The summed E-state index contributed by atoms with van der Waals surface area (Å²) >= 11 is 0. The number of amides is 1. The molecule has 0 bridgehead atoms. The fourth-order valence-corrected chi connectivity index (χ4v) is 8.85. The van der Waals surface area contributed by atoms with Crippen molar-refractivity contribution in [1.29, 1.82) is 0 Å². The number of nitrogens with one attached hydrogen (secondary N) is 1. The molecular formula is C64H114N2O6P+. The lowest BCUT2D eigenvalue weighted by molar-refractivity contribution is -0.870. The van der Waals surface area contributed by atoms with Gasteiger partial charge in [0.1, 0.15) is 13.2 Å². The Balaban J connectivity index is 4.31. The van der Waals surface area contributed by atoms with Gasteiger partial charge in [-0.3, -0.25) is 13.8 Å². The molecule has 0 aliphatic carbocycles. The zero-order chi connectivity index (χ0) is 53.5. The summed E-state index contributed by atoms with van der Waals surface area (Å²) < 4.78 is 23.7. The third-order valence-electron chi connectivity index (χ3n) is 12.7. The number of nitrogens with zero attached hydrogens (tertiary/aromatic N) is 1. The van der Waals surface area contributed by atoms with Crippen molar-refractivity contribution in [3.05, 3.63) is 109 Å². The van der Waals surface area contributed by atoms with Crippen molar-refractivity contribution in [3.8, 4) is 0 Å². The van der Waals surface area contributed by atoms with Crippen molar-refractivity contribution >= 4 is 13.7 Å². The summed E-state index contributed by atoms with van der Waals surface area (Å²) in [4.78, 5) is 23.3. The van der Waals surface area contributed by atoms with Crippen LogP contribution in [-0.2, 0) is 18.4 Å². The lowest BCUT2D eigenvalue weighted by Gasteiger charge is -2.25. The van der Waals surface area contributed by atoms with Gasteiger partial charge in [-0.1, -0.05) is 258 Å². The summed E-state index contributed by atoms with van der Waals surface area (Å²) in [5, 5.41) is 13.9. The maximum Gasteiger partial charge on any atom is 0.472 e. The molecule has 3 unspecified atom stereocenters. The number of rotatable bonds is 53. The highest BCUT2D eigenvalue weighted by Crippen LogP contribution is 2.43. The Morgan fingerprint density at radius 2 is 0.822 bits per heavy atom. The smallest absolute Gasteiger partial charge is 0.387 e. The van der Waals surface area contributed by atoms with E-state index in [0.717, 1.165) is 103 Å². The van der Waals surface area contributed by atoms with Crippen LogP contribution in [-0.4, -0.2) is 73.4 Å². The van der Waals surface area contributed by atoms with Crippen molar-refractivity contribution in [2.75, 3.05) is 40.9 Å². The highest BCUT2D eigenvalue weighted by Gasteiger charge is 2.27. The summed E-state index contributed by atoms with van der Waals surface area (Å²) in [6, 6.07) is -0.870. The predicted molar refractivity (Wildman–Crippen MR) is 318 cm³/mol. The van der Waals surface area contributed by atoms with Crippen LogP contribution in [0.15, 0.2) is 109 Å². The molecule has 1 amide bonds. The Morgan fingerprint density at radius 1 is 0.479 bits per heavy atom. The van der Waals surface area contributed by atoms with Crippen molar-refractivity contribution < 1.29 is 32.9 Å². The second kappa shape index (κ2) is 54.0. The van der Waals surface area contributed by atoms with Crippen LogP contribution >= 0.6 is 7.82 Å². The number of aliphatic hydroxyl groups excluding tert-OH is 1. The Labute approximate surface area is 451 Å². The van der Waals surface area contributed by atoms with Crippen LogP contribution in [0.4, 0.5) is 0 Å². The van der Waals surface area contributed by atoms with Crippen LogP contribution in [0.3, 0.4) is 0 Å². The Morgan fingerprint density at radius 3 is 1.21 bits per heavy atom. The maximum atomic E-state index is 13.0. The zero-order valence-corrected chi connectivity index (χ0v) is 48.7. The van der Waals surface area contributed by atoms with E-state index in [0.29, 0.717) is 17.4 Å². The van der Waals surface area contributed by atoms with Crippen LogP contribution in [0.5, 0.6) is 0 Å². The minimum atomic E-state index is -4.36. The SMILES string of the molecule is CC/C=C\C/C=C\C/C=C\C/C=C\C/C=C\C/C=C\C/C=C\C/C=C\CCCCCCC(=O)NC(COP(=O)(O)OCC[N+](C)(C)C)C(O)/C=C/CCCCCCCCCCCCCCCCCCCCCC. The second-order valence-corrected chi connectivity index (χ2v) is 22.4. The lowest BCUT2D eigenvalue weighted by atomic mass is 10.0. The number of unbranched alkanes of at least 4 members (excludes halogenated alkanes) is 24. The van der Waals surface area contributed by atoms with Gasteiger partial charge in [-0.05, 0) is 83.5 Å². The topological polar surface area (TPSA) is 105 Å². The summed E-state index contributed by atoms with van der Waals surface area (Å²) in [6.45, 7) is 4.69. The van der Waals surface area contributed by atoms with E-state index < -0.39 is 20.0 Å². The monoisotopic (exact) mass is 1040 g/mol. The van der Waals surface area contributed by atoms with E-state index in [2.05, 4.69) is 116 Å². The minimum Gasteiger partial charge on any atom is -0.387 e. The van der Waals surface area contributed by atoms with E-state index in [1.54, 1.807) is 6.08 Å². The van der Waals surface area contributed by atoms with E-state index in [1.165, 1.54) is 116 Å².